The van der Waals surface area contributed by atoms with E-state index in [0.29, 0.717) is 18.0 Å². The number of aryl methyl sites for hydroxylation is 2. The zero-order valence-electron chi connectivity index (χ0n) is 18.8. The van der Waals surface area contributed by atoms with E-state index in [1.165, 1.54) is 16.4 Å². The number of anilines is 1. The van der Waals surface area contributed by atoms with Crippen LogP contribution in [0.15, 0.2) is 76.1 Å². The molecule has 0 aliphatic heterocycles. The topological polar surface area (TPSA) is 75.7 Å². The summed E-state index contributed by atoms with van der Waals surface area (Å²) in [6.07, 6.45) is 0. The van der Waals surface area contributed by atoms with Crippen LogP contribution in [0.2, 0.25) is 0 Å². The Labute approximate surface area is 203 Å². The smallest absolute Gasteiger partial charge is 0.243 e. The van der Waals surface area contributed by atoms with Crippen molar-refractivity contribution in [3.63, 3.8) is 0 Å². The molecule has 0 bridgehead atoms. The number of halogens is 1. The number of ether oxygens (including phenoxy) is 1. The van der Waals surface area contributed by atoms with Crippen molar-refractivity contribution >= 4 is 37.5 Å². The van der Waals surface area contributed by atoms with E-state index < -0.39 is 15.9 Å². The molecule has 0 aromatic heterocycles. The first-order valence-electron chi connectivity index (χ1n) is 10.5. The number of carbonyl (C=O) groups is 1. The highest BCUT2D eigenvalue weighted by atomic mass is 79.9. The van der Waals surface area contributed by atoms with Crippen LogP contribution in [-0.2, 0) is 21.4 Å². The van der Waals surface area contributed by atoms with Gasteiger partial charge in [0, 0.05) is 16.7 Å². The fraction of sp³-hybridized carbons (Fsp3) is 0.240. The van der Waals surface area contributed by atoms with Crippen LogP contribution in [-0.4, -0.2) is 31.8 Å². The summed E-state index contributed by atoms with van der Waals surface area (Å²) >= 11 is 3.45. The van der Waals surface area contributed by atoms with Crippen LogP contribution in [0.4, 0.5) is 5.69 Å². The van der Waals surface area contributed by atoms with Gasteiger partial charge in [0.25, 0.3) is 0 Å². The molecule has 0 aliphatic carbocycles. The molecule has 0 radical (unpaired) electrons. The van der Waals surface area contributed by atoms with Crippen LogP contribution in [0.1, 0.15) is 23.6 Å². The second-order valence-corrected chi connectivity index (χ2v) is 10.5. The molecule has 3 aromatic carbocycles. The summed E-state index contributed by atoms with van der Waals surface area (Å²) in [7, 11) is -3.94. The minimum Gasteiger partial charge on any atom is -0.494 e. The number of hydrogen-bond acceptors (Lipinski definition) is 4. The number of carbonyl (C=O) groups excluding carboxylic acids is 1. The molecule has 0 spiro atoms. The Hall–Kier alpha value is -2.68. The van der Waals surface area contributed by atoms with E-state index in [1.807, 2.05) is 63.2 Å². The lowest BCUT2D eigenvalue weighted by Crippen LogP contribution is -2.37. The summed E-state index contributed by atoms with van der Waals surface area (Å²) in [6.45, 7) is 5.89. The molecule has 0 saturated heterocycles. The number of amides is 1. The van der Waals surface area contributed by atoms with Crippen LogP contribution in [0.3, 0.4) is 0 Å². The Morgan fingerprint density at radius 3 is 2.18 bits per heavy atom. The lowest BCUT2D eigenvalue weighted by molar-refractivity contribution is -0.116. The molecule has 6 nitrogen and oxygen atoms in total. The predicted molar refractivity (Wildman–Crippen MR) is 134 cm³/mol. The van der Waals surface area contributed by atoms with Crippen molar-refractivity contribution in [3.8, 4) is 5.75 Å². The van der Waals surface area contributed by atoms with Crippen LogP contribution < -0.4 is 10.1 Å². The van der Waals surface area contributed by atoms with Crippen molar-refractivity contribution in [1.29, 1.82) is 0 Å². The molecule has 0 saturated carbocycles. The third kappa shape index (κ3) is 6.43. The highest BCUT2D eigenvalue weighted by molar-refractivity contribution is 9.10. The Morgan fingerprint density at radius 1 is 1.00 bits per heavy atom. The number of nitrogens with one attached hydrogen (secondary N) is 1. The normalized spacial score (nSPS) is 11.4. The Balaban J connectivity index is 1.88. The molecule has 8 heteroatoms. The molecule has 0 heterocycles. The van der Waals surface area contributed by atoms with Crippen molar-refractivity contribution in [2.45, 2.75) is 32.2 Å². The molecule has 3 aromatic rings. The van der Waals surface area contributed by atoms with Crippen molar-refractivity contribution in [1.82, 2.24) is 4.31 Å². The first-order valence-corrected chi connectivity index (χ1v) is 12.8. The van der Waals surface area contributed by atoms with E-state index in [2.05, 4.69) is 21.2 Å². The number of sulfonamides is 1. The van der Waals surface area contributed by atoms with Gasteiger partial charge >= 0.3 is 0 Å². The second kappa shape index (κ2) is 11.0. The van der Waals surface area contributed by atoms with Crippen LogP contribution >= 0.6 is 15.9 Å². The summed E-state index contributed by atoms with van der Waals surface area (Å²) in [6, 6.07) is 19.2. The Bertz CT molecular complexity index is 1190. The van der Waals surface area contributed by atoms with E-state index >= 15 is 0 Å². The van der Waals surface area contributed by atoms with Gasteiger partial charge in [0.05, 0.1) is 18.0 Å². The minimum atomic E-state index is -3.94. The second-order valence-electron chi connectivity index (χ2n) is 7.63. The Morgan fingerprint density at radius 2 is 1.61 bits per heavy atom. The number of benzene rings is 3. The summed E-state index contributed by atoms with van der Waals surface area (Å²) < 4.78 is 34.5. The van der Waals surface area contributed by atoms with E-state index in [9.17, 15) is 13.2 Å². The molecular weight excluding hydrogens is 504 g/mol. The van der Waals surface area contributed by atoms with Crippen molar-refractivity contribution in [2.24, 2.45) is 0 Å². The summed E-state index contributed by atoms with van der Waals surface area (Å²) in [5.41, 5.74) is 3.25. The number of nitrogens with zero attached hydrogens (tertiary/aromatic N) is 1. The fourth-order valence-corrected chi connectivity index (χ4v) is 5.55. The van der Waals surface area contributed by atoms with Crippen molar-refractivity contribution in [3.05, 3.63) is 87.9 Å². The van der Waals surface area contributed by atoms with Gasteiger partial charge in [-0.3, -0.25) is 4.79 Å². The van der Waals surface area contributed by atoms with E-state index in [0.717, 1.165) is 21.2 Å². The molecule has 174 valence electrons. The van der Waals surface area contributed by atoms with Gasteiger partial charge in [-0.05, 0) is 73.9 Å². The molecule has 0 aliphatic rings. The number of rotatable bonds is 9. The lowest BCUT2D eigenvalue weighted by Gasteiger charge is -2.23. The predicted octanol–water partition coefficient (Wildman–Crippen LogP) is 5.29. The van der Waals surface area contributed by atoms with E-state index in [1.54, 1.807) is 12.1 Å². The maximum Gasteiger partial charge on any atom is 0.243 e. The van der Waals surface area contributed by atoms with E-state index in [4.69, 9.17) is 4.74 Å². The zero-order chi connectivity index (χ0) is 24.0. The van der Waals surface area contributed by atoms with Crippen LogP contribution in [0.25, 0.3) is 0 Å². The van der Waals surface area contributed by atoms with Gasteiger partial charge in [0.15, 0.2) is 0 Å². The third-order valence-electron chi connectivity index (χ3n) is 5.06. The monoisotopic (exact) mass is 530 g/mol. The van der Waals surface area contributed by atoms with Crippen molar-refractivity contribution < 1.29 is 17.9 Å². The Kier molecular flexibility index (Phi) is 8.29. The van der Waals surface area contributed by atoms with Gasteiger partial charge in [0.1, 0.15) is 5.75 Å². The van der Waals surface area contributed by atoms with Crippen molar-refractivity contribution in [2.75, 3.05) is 18.5 Å². The van der Waals surface area contributed by atoms with Gasteiger partial charge in [-0.1, -0.05) is 46.3 Å². The quantitative estimate of drug-likeness (QED) is 0.407. The molecule has 1 N–H and O–H groups in total. The summed E-state index contributed by atoms with van der Waals surface area (Å²) in [5.74, 6) is 0.180. The molecule has 0 unspecified atom stereocenters. The van der Waals surface area contributed by atoms with E-state index in [-0.39, 0.29) is 18.0 Å². The fourth-order valence-electron chi connectivity index (χ4n) is 3.48. The average Bonchev–Trinajstić information content (AvgIpc) is 2.77. The molecule has 33 heavy (non-hydrogen) atoms. The first-order chi connectivity index (χ1) is 15.7. The zero-order valence-corrected chi connectivity index (χ0v) is 21.2. The molecule has 0 fully saturated rings. The lowest BCUT2D eigenvalue weighted by atomic mass is 10.1. The largest absolute Gasteiger partial charge is 0.494 e. The minimum absolute atomic E-state index is 0.0715. The van der Waals surface area contributed by atoms with Crippen LogP contribution in [0.5, 0.6) is 5.75 Å². The van der Waals surface area contributed by atoms with Gasteiger partial charge < -0.3 is 10.1 Å². The maximum atomic E-state index is 13.5. The SMILES string of the molecule is CCOc1ccc(S(=O)(=O)N(CC(=O)Nc2c(C)cc(Br)cc2C)Cc2ccccc2)cc1. The highest BCUT2D eigenvalue weighted by Crippen LogP contribution is 2.26. The van der Waals surface area contributed by atoms with Gasteiger partial charge in [-0.25, -0.2) is 8.42 Å². The molecule has 0 atom stereocenters. The maximum absolute atomic E-state index is 13.5. The molecular formula is C25H27BrN2O4S. The van der Waals surface area contributed by atoms with Gasteiger partial charge in [-0.15, -0.1) is 0 Å². The number of hydrogen-bond donors (Lipinski definition) is 1. The third-order valence-corrected chi connectivity index (χ3v) is 7.32. The standard InChI is InChI=1S/C25H27BrN2O4S/c1-4-32-22-10-12-23(13-11-22)33(30,31)28(16-20-8-6-5-7-9-20)17-24(29)27-25-18(2)14-21(26)15-19(25)3/h5-15H,4,16-17H2,1-3H3,(H,27,29). The highest BCUT2D eigenvalue weighted by Gasteiger charge is 2.27. The van der Waals surface area contributed by atoms with Gasteiger partial charge in [-0.2, -0.15) is 4.31 Å². The average molecular weight is 531 g/mol. The molecule has 3 rings (SSSR count). The van der Waals surface area contributed by atoms with Crippen LogP contribution in [0, 0.1) is 13.8 Å². The van der Waals surface area contributed by atoms with Gasteiger partial charge in [0.2, 0.25) is 15.9 Å². The first kappa shape index (κ1) is 25.0. The molecule has 1 amide bonds. The summed E-state index contributed by atoms with van der Waals surface area (Å²) in [4.78, 5) is 13.1. The summed E-state index contributed by atoms with van der Waals surface area (Å²) in [5, 5.41) is 2.89.